The summed E-state index contributed by atoms with van der Waals surface area (Å²) in [7, 11) is 0. The first-order chi connectivity index (χ1) is 14.2. The second-order valence-corrected chi connectivity index (χ2v) is 7.08. The molecule has 0 radical (unpaired) electrons. The van der Waals surface area contributed by atoms with E-state index in [1.165, 1.54) is 23.9 Å². The van der Waals surface area contributed by atoms with Crippen molar-refractivity contribution in [1.29, 1.82) is 0 Å². The smallest absolute Gasteiger partial charge is 0.231 e. The van der Waals surface area contributed by atoms with Crippen LogP contribution in [0.2, 0.25) is 0 Å². The first kappa shape index (κ1) is 19.0. The molecule has 0 saturated carbocycles. The first-order valence-electron chi connectivity index (χ1n) is 8.80. The van der Waals surface area contributed by atoms with Crippen molar-refractivity contribution in [3.05, 3.63) is 65.2 Å². The summed E-state index contributed by atoms with van der Waals surface area (Å²) in [5.41, 5.74) is 1.78. The van der Waals surface area contributed by atoms with E-state index in [1.807, 2.05) is 18.2 Å². The normalized spacial score (nSPS) is 12.4. The van der Waals surface area contributed by atoms with Gasteiger partial charge in [0.25, 0.3) is 0 Å². The van der Waals surface area contributed by atoms with E-state index in [-0.39, 0.29) is 24.3 Å². The van der Waals surface area contributed by atoms with E-state index in [0.717, 1.165) is 11.1 Å². The predicted octanol–water partition coefficient (Wildman–Crippen LogP) is 3.25. The average Bonchev–Trinajstić information content (AvgIpc) is 3.39. The van der Waals surface area contributed by atoms with Crippen molar-refractivity contribution < 1.29 is 18.7 Å². The lowest BCUT2D eigenvalue weighted by molar-refractivity contribution is -0.118. The van der Waals surface area contributed by atoms with Gasteiger partial charge in [-0.3, -0.25) is 9.89 Å². The maximum absolute atomic E-state index is 12.9. The Morgan fingerprint density at radius 2 is 2.00 bits per heavy atom. The second kappa shape index (κ2) is 8.78. The van der Waals surface area contributed by atoms with Gasteiger partial charge in [0.1, 0.15) is 11.6 Å². The highest BCUT2D eigenvalue weighted by molar-refractivity contribution is 7.99. The lowest BCUT2D eigenvalue weighted by Crippen LogP contribution is -2.24. The molecule has 1 aromatic heterocycles. The number of nitrogens with zero attached hydrogens (tertiary/aromatic N) is 2. The van der Waals surface area contributed by atoms with Gasteiger partial charge in [-0.2, -0.15) is 0 Å². The fraction of sp³-hybridized carbons (Fsp3) is 0.150. The van der Waals surface area contributed by atoms with Crippen LogP contribution in [0.15, 0.2) is 47.6 Å². The molecule has 9 heteroatoms. The van der Waals surface area contributed by atoms with E-state index >= 15 is 0 Å². The number of fused-ring (bicyclic) bond motifs is 1. The summed E-state index contributed by atoms with van der Waals surface area (Å²) in [6.07, 6.45) is 3.54. The number of carbonyl (C=O) groups excluding carboxylic acids is 1. The van der Waals surface area contributed by atoms with Gasteiger partial charge in [-0.05, 0) is 41.5 Å². The Balaban J connectivity index is 1.24. The van der Waals surface area contributed by atoms with Crippen molar-refractivity contribution in [2.24, 2.45) is 0 Å². The molecule has 0 fully saturated rings. The van der Waals surface area contributed by atoms with Crippen LogP contribution >= 0.6 is 11.8 Å². The quantitative estimate of drug-likeness (QED) is 0.579. The van der Waals surface area contributed by atoms with Crippen molar-refractivity contribution in [3.8, 4) is 11.5 Å². The van der Waals surface area contributed by atoms with Crippen LogP contribution in [0.1, 0.15) is 17.0 Å². The number of H-pyrrole nitrogens is 1. The Kier molecular flexibility index (Phi) is 5.76. The lowest BCUT2D eigenvalue weighted by Gasteiger charge is -2.05. The zero-order valence-electron chi connectivity index (χ0n) is 15.2. The van der Waals surface area contributed by atoms with Crippen LogP contribution in [0, 0.1) is 5.82 Å². The SMILES string of the molecule is O=C(CSc1n[nH]c(/C=C\c2ccc(F)cc2)n1)NCc1ccc2c(c1)OCO2. The van der Waals surface area contributed by atoms with E-state index in [1.54, 1.807) is 24.3 Å². The third-order valence-electron chi connectivity index (χ3n) is 4.04. The van der Waals surface area contributed by atoms with Gasteiger partial charge in [0.2, 0.25) is 17.9 Å². The van der Waals surface area contributed by atoms with E-state index in [2.05, 4.69) is 20.5 Å². The fourth-order valence-corrected chi connectivity index (χ4v) is 3.21. The maximum atomic E-state index is 12.9. The number of rotatable bonds is 7. The van der Waals surface area contributed by atoms with Gasteiger partial charge in [-0.15, -0.1) is 5.10 Å². The number of aromatic nitrogens is 3. The summed E-state index contributed by atoms with van der Waals surface area (Å²) >= 11 is 1.23. The van der Waals surface area contributed by atoms with Crippen LogP contribution in [0.25, 0.3) is 12.2 Å². The minimum Gasteiger partial charge on any atom is -0.454 e. The molecule has 4 rings (SSSR count). The highest BCUT2D eigenvalue weighted by atomic mass is 32.2. The molecule has 0 bridgehead atoms. The van der Waals surface area contributed by atoms with E-state index < -0.39 is 0 Å². The number of nitrogens with one attached hydrogen (secondary N) is 2. The summed E-state index contributed by atoms with van der Waals surface area (Å²) in [5.74, 6) is 1.75. The van der Waals surface area contributed by atoms with Crippen LogP contribution in [0.4, 0.5) is 4.39 Å². The average molecular weight is 412 g/mol. The van der Waals surface area contributed by atoms with Gasteiger partial charge in [0, 0.05) is 6.54 Å². The molecular weight excluding hydrogens is 395 g/mol. The Morgan fingerprint density at radius 3 is 2.86 bits per heavy atom. The number of thioether (sulfide) groups is 1. The third-order valence-corrected chi connectivity index (χ3v) is 4.89. The molecule has 0 aliphatic carbocycles. The zero-order chi connectivity index (χ0) is 20.1. The predicted molar refractivity (Wildman–Crippen MR) is 107 cm³/mol. The van der Waals surface area contributed by atoms with Gasteiger partial charge in [0.05, 0.1) is 5.75 Å². The molecule has 7 nitrogen and oxygen atoms in total. The number of halogens is 1. The molecule has 2 N–H and O–H groups in total. The van der Waals surface area contributed by atoms with Crippen LogP contribution in [-0.4, -0.2) is 33.6 Å². The number of aromatic amines is 1. The Bertz CT molecular complexity index is 1040. The molecule has 1 aliphatic rings. The lowest BCUT2D eigenvalue weighted by atomic mass is 10.2. The number of ether oxygens (including phenoxy) is 2. The molecule has 0 spiro atoms. The molecule has 29 heavy (non-hydrogen) atoms. The molecular formula is C20H17FN4O3S. The van der Waals surface area contributed by atoms with Crippen LogP contribution in [-0.2, 0) is 11.3 Å². The number of hydrogen-bond acceptors (Lipinski definition) is 6. The number of hydrogen-bond donors (Lipinski definition) is 2. The van der Waals surface area contributed by atoms with Gasteiger partial charge in [-0.25, -0.2) is 9.37 Å². The van der Waals surface area contributed by atoms with Crippen molar-refractivity contribution in [1.82, 2.24) is 20.5 Å². The fourth-order valence-electron chi connectivity index (χ4n) is 2.58. The molecule has 2 heterocycles. The van der Waals surface area contributed by atoms with Crippen molar-refractivity contribution in [3.63, 3.8) is 0 Å². The molecule has 1 amide bonds. The van der Waals surface area contributed by atoms with Crippen LogP contribution < -0.4 is 14.8 Å². The van der Waals surface area contributed by atoms with Crippen molar-refractivity contribution >= 4 is 29.8 Å². The monoisotopic (exact) mass is 412 g/mol. The van der Waals surface area contributed by atoms with Gasteiger partial charge >= 0.3 is 0 Å². The van der Waals surface area contributed by atoms with E-state index in [0.29, 0.717) is 29.0 Å². The molecule has 2 aromatic carbocycles. The summed E-state index contributed by atoms with van der Waals surface area (Å²) in [4.78, 5) is 16.4. The third kappa shape index (κ3) is 5.14. The molecule has 148 valence electrons. The highest BCUT2D eigenvalue weighted by Crippen LogP contribution is 2.32. The number of carbonyl (C=O) groups is 1. The van der Waals surface area contributed by atoms with Gasteiger partial charge in [0.15, 0.2) is 11.5 Å². The zero-order valence-corrected chi connectivity index (χ0v) is 16.0. The van der Waals surface area contributed by atoms with E-state index in [9.17, 15) is 9.18 Å². The molecule has 0 atom stereocenters. The molecule has 0 unspecified atom stereocenters. The van der Waals surface area contributed by atoms with Crippen LogP contribution in [0.3, 0.4) is 0 Å². The minimum absolute atomic E-state index is 0.124. The summed E-state index contributed by atoms with van der Waals surface area (Å²) in [6, 6.07) is 11.7. The molecule has 1 aliphatic heterocycles. The Labute approximate surface area is 170 Å². The van der Waals surface area contributed by atoms with E-state index in [4.69, 9.17) is 9.47 Å². The minimum atomic E-state index is -0.280. The first-order valence-corrected chi connectivity index (χ1v) is 9.78. The topological polar surface area (TPSA) is 89.1 Å². The Hall–Kier alpha value is -3.33. The summed E-state index contributed by atoms with van der Waals surface area (Å²) in [6.45, 7) is 0.620. The van der Waals surface area contributed by atoms with Crippen LogP contribution in [0.5, 0.6) is 11.5 Å². The van der Waals surface area contributed by atoms with Gasteiger partial charge < -0.3 is 14.8 Å². The van der Waals surface area contributed by atoms with Gasteiger partial charge in [-0.1, -0.05) is 36.0 Å². The molecule has 0 saturated heterocycles. The van der Waals surface area contributed by atoms with Crippen molar-refractivity contribution in [2.75, 3.05) is 12.5 Å². The number of benzene rings is 2. The highest BCUT2D eigenvalue weighted by Gasteiger charge is 2.13. The standard InChI is InChI=1S/C20H17FN4O3S/c21-15-5-1-13(2-6-15)4-8-18-23-20(25-24-18)29-11-19(26)22-10-14-3-7-16-17(9-14)28-12-27-16/h1-9H,10-12H2,(H,22,26)(H,23,24,25)/b8-4-. The maximum Gasteiger partial charge on any atom is 0.231 e. The Morgan fingerprint density at radius 1 is 1.17 bits per heavy atom. The summed E-state index contributed by atoms with van der Waals surface area (Å²) in [5, 5.41) is 10.2. The number of amides is 1. The van der Waals surface area contributed by atoms with Crippen molar-refractivity contribution in [2.45, 2.75) is 11.7 Å². The molecule has 3 aromatic rings. The summed E-state index contributed by atoms with van der Waals surface area (Å²) < 4.78 is 23.5. The largest absolute Gasteiger partial charge is 0.454 e. The second-order valence-electron chi connectivity index (χ2n) is 6.14.